The van der Waals surface area contributed by atoms with Crippen LogP contribution in [-0.4, -0.2) is 12.2 Å². The molecule has 0 aliphatic carbocycles. The first-order valence-corrected chi connectivity index (χ1v) is 7.16. The summed E-state index contributed by atoms with van der Waals surface area (Å²) in [6.45, 7) is 4.98. The van der Waals surface area contributed by atoms with Crippen LogP contribution in [0, 0.1) is 6.92 Å². The number of para-hydroxylation sites is 1. The van der Waals surface area contributed by atoms with Crippen molar-refractivity contribution in [1.29, 1.82) is 0 Å². The molecule has 0 aliphatic heterocycles. The number of hydrogen-bond donors (Lipinski definition) is 1. The van der Waals surface area contributed by atoms with Crippen molar-refractivity contribution < 1.29 is 5.11 Å². The standard InChI is InChI=1S/C18H23NO/c1-4-18(20)16-11-7-8-12-17(16)19(3)13-15-10-6-5-9-14(15)2/h5-12,18,20H,4,13H2,1-3H3/t18-/m1/s1. The van der Waals surface area contributed by atoms with Crippen molar-refractivity contribution in [2.45, 2.75) is 32.9 Å². The molecule has 106 valence electrons. The normalized spacial score (nSPS) is 12.2. The van der Waals surface area contributed by atoms with Gasteiger partial charge in [0.1, 0.15) is 0 Å². The second-order valence-electron chi connectivity index (χ2n) is 5.27. The molecule has 0 bridgehead atoms. The lowest BCUT2D eigenvalue weighted by atomic mass is 10.0. The molecule has 0 amide bonds. The minimum absolute atomic E-state index is 0.398. The van der Waals surface area contributed by atoms with Gasteiger partial charge in [-0.15, -0.1) is 0 Å². The topological polar surface area (TPSA) is 23.5 Å². The number of hydrogen-bond acceptors (Lipinski definition) is 2. The second-order valence-corrected chi connectivity index (χ2v) is 5.27. The maximum Gasteiger partial charge on any atom is 0.0807 e. The van der Waals surface area contributed by atoms with Gasteiger partial charge in [-0.25, -0.2) is 0 Å². The lowest BCUT2D eigenvalue weighted by Crippen LogP contribution is -2.19. The van der Waals surface area contributed by atoms with Crippen LogP contribution in [0.1, 0.15) is 36.1 Å². The zero-order valence-corrected chi connectivity index (χ0v) is 12.5. The average molecular weight is 269 g/mol. The molecule has 1 N–H and O–H groups in total. The molecule has 0 heterocycles. The molecule has 0 fully saturated rings. The molecule has 1 atom stereocenters. The Hall–Kier alpha value is -1.80. The Morgan fingerprint density at radius 3 is 2.40 bits per heavy atom. The number of anilines is 1. The van der Waals surface area contributed by atoms with E-state index in [2.05, 4.69) is 49.2 Å². The van der Waals surface area contributed by atoms with Crippen LogP contribution in [0.2, 0.25) is 0 Å². The summed E-state index contributed by atoms with van der Waals surface area (Å²) in [5.41, 5.74) is 4.72. The number of aliphatic hydroxyl groups is 1. The van der Waals surface area contributed by atoms with Gasteiger partial charge in [0.25, 0.3) is 0 Å². The van der Waals surface area contributed by atoms with Crippen LogP contribution >= 0.6 is 0 Å². The highest BCUT2D eigenvalue weighted by molar-refractivity contribution is 5.54. The van der Waals surface area contributed by atoms with Crippen molar-refractivity contribution >= 4 is 5.69 Å². The lowest BCUT2D eigenvalue weighted by molar-refractivity contribution is 0.174. The largest absolute Gasteiger partial charge is 0.388 e. The summed E-state index contributed by atoms with van der Waals surface area (Å²) >= 11 is 0. The van der Waals surface area contributed by atoms with E-state index in [1.165, 1.54) is 11.1 Å². The molecule has 0 saturated heterocycles. The van der Waals surface area contributed by atoms with E-state index in [0.717, 1.165) is 24.2 Å². The fourth-order valence-corrected chi connectivity index (χ4v) is 2.47. The van der Waals surface area contributed by atoms with Crippen LogP contribution in [0.4, 0.5) is 5.69 Å². The molecule has 0 aliphatic rings. The van der Waals surface area contributed by atoms with Gasteiger partial charge in [0.2, 0.25) is 0 Å². The summed E-state index contributed by atoms with van der Waals surface area (Å²) in [5.74, 6) is 0. The van der Waals surface area contributed by atoms with E-state index < -0.39 is 6.10 Å². The van der Waals surface area contributed by atoms with Gasteiger partial charge in [0.15, 0.2) is 0 Å². The van der Waals surface area contributed by atoms with Crippen molar-refractivity contribution in [1.82, 2.24) is 0 Å². The molecule has 20 heavy (non-hydrogen) atoms. The Morgan fingerprint density at radius 1 is 1.05 bits per heavy atom. The van der Waals surface area contributed by atoms with Gasteiger partial charge >= 0.3 is 0 Å². The van der Waals surface area contributed by atoms with E-state index in [1.54, 1.807) is 0 Å². The van der Waals surface area contributed by atoms with Crippen LogP contribution in [0.15, 0.2) is 48.5 Å². The Balaban J connectivity index is 2.26. The van der Waals surface area contributed by atoms with Crippen molar-refractivity contribution in [3.05, 3.63) is 65.2 Å². The van der Waals surface area contributed by atoms with Crippen molar-refractivity contribution in [3.8, 4) is 0 Å². The lowest BCUT2D eigenvalue weighted by Gasteiger charge is -2.25. The SMILES string of the molecule is CC[C@@H](O)c1ccccc1N(C)Cc1ccccc1C. The number of nitrogens with zero attached hydrogens (tertiary/aromatic N) is 1. The van der Waals surface area contributed by atoms with Crippen molar-refractivity contribution in [2.75, 3.05) is 11.9 Å². The van der Waals surface area contributed by atoms with E-state index in [0.29, 0.717) is 0 Å². The number of aliphatic hydroxyl groups excluding tert-OH is 1. The first-order valence-electron chi connectivity index (χ1n) is 7.16. The summed E-state index contributed by atoms with van der Waals surface area (Å²) in [7, 11) is 2.08. The average Bonchev–Trinajstić information content (AvgIpc) is 2.48. The van der Waals surface area contributed by atoms with Gasteiger partial charge in [-0.1, -0.05) is 49.4 Å². The van der Waals surface area contributed by atoms with Crippen LogP contribution in [0.5, 0.6) is 0 Å². The molecule has 0 aromatic heterocycles. The molecule has 0 unspecified atom stereocenters. The highest BCUT2D eigenvalue weighted by Crippen LogP contribution is 2.28. The first kappa shape index (κ1) is 14.6. The number of aryl methyl sites for hydroxylation is 1. The summed E-state index contributed by atoms with van der Waals surface area (Å²) in [4.78, 5) is 2.20. The molecule has 0 saturated carbocycles. The van der Waals surface area contributed by atoms with E-state index in [1.807, 2.05) is 25.1 Å². The summed E-state index contributed by atoms with van der Waals surface area (Å²) in [5, 5.41) is 10.2. The first-order chi connectivity index (χ1) is 9.63. The third kappa shape index (κ3) is 3.20. The quantitative estimate of drug-likeness (QED) is 0.884. The van der Waals surface area contributed by atoms with Crippen LogP contribution in [0.3, 0.4) is 0 Å². The van der Waals surface area contributed by atoms with E-state index in [4.69, 9.17) is 0 Å². The zero-order valence-electron chi connectivity index (χ0n) is 12.5. The monoisotopic (exact) mass is 269 g/mol. The molecule has 2 heteroatoms. The fraction of sp³-hybridized carbons (Fsp3) is 0.333. The Kier molecular flexibility index (Phi) is 4.80. The van der Waals surface area contributed by atoms with E-state index in [9.17, 15) is 5.11 Å². The smallest absolute Gasteiger partial charge is 0.0807 e. The molecular weight excluding hydrogens is 246 g/mol. The Bertz CT molecular complexity index is 565. The minimum atomic E-state index is -0.398. The molecule has 0 radical (unpaired) electrons. The Labute approximate surface area is 121 Å². The van der Waals surface area contributed by atoms with Gasteiger partial charge in [0.05, 0.1) is 6.10 Å². The highest BCUT2D eigenvalue weighted by atomic mass is 16.3. The maximum atomic E-state index is 10.2. The molecule has 2 nitrogen and oxygen atoms in total. The fourth-order valence-electron chi connectivity index (χ4n) is 2.47. The van der Waals surface area contributed by atoms with E-state index in [-0.39, 0.29) is 0 Å². The van der Waals surface area contributed by atoms with Gasteiger partial charge in [0, 0.05) is 24.8 Å². The van der Waals surface area contributed by atoms with Crippen LogP contribution in [0.25, 0.3) is 0 Å². The predicted molar refractivity (Wildman–Crippen MR) is 85.0 cm³/mol. The molecule has 2 rings (SSSR count). The van der Waals surface area contributed by atoms with Gasteiger partial charge in [-0.05, 0) is 30.5 Å². The van der Waals surface area contributed by atoms with E-state index >= 15 is 0 Å². The summed E-state index contributed by atoms with van der Waals surface area (Å²) < 4.78 is 0. The van der Waals surface area contributed by atoms with Crippen LogP contribution < -0.4 is 4.90 Å². The Morgan fingerprint density at radius 2 is 1.70 bits per heavy atom. The maximum absolute atomic E-state index is 10.2. The third-order valence-electron chi connectivity index (χ3n) is 3.76. The molecule has 0 spiro atoms. The zero-order chi connectivity index (χ0) is 14.5. The van der Waals surface area contributed by atoms with Crippen molar-refractivity contribution in [3.63, 3.8) is 0 Å². The summed E-state index contributed by atoms with van der Waals surface area (Å²) in [6, 6.07) is 16.5. The summed E-state index contributed by atoms with van der Waals surface area (Å²) in [6.07, 6.45) is 0.334. The molecule has 2 aromatic carbocycles. The predicted octanol–water partition coefficient (Wildman–Crippen LogP) is 4.07. The molecule has 2 aromatic rings. The van der Waals surface area contributed by atoms with Crippen molar-refractivity contribution in [2.24, 2.45) is 0 Å². The highest BCUT2D eigenvalue weighted by Gasteiger charge is 2.13. The van der Waals surface area contributed by atoms with Gasteiger partial charge < -0.3 is 10.0 Å². The number of benzene rings is 2. The minimum Gasteiger partial charge on any atom is -0.388 e. The molecular formula is C18H23NO. The van der Waals surface area contributed by atoms with Gasteiger partial charge in [-0.2, -0.15) is 0 Å². The van der Waals surface area contributed by atoms with Gasteiger partial charge in [-0.3, -0.25) is 0 Å². The third-order valence-corrected chi connectivity index (χ3v) is 3.76. The number of rotatable bonds is 5. The van der Waals surface area contributed by atoms with Crippen LogP contribution in [-0.2, 0) is 6.54 Å². The second kappa shape index (κ2) is 6.58.